The highest BCUT2D eigenvalue weighted by Gasteiger charge is 2.54. The van der Waals surface area contributed by atoms with Crippen LogP contribution in [0.25, 0.3) is 0 Å². The Kier molecular flexibility index (Phi) is 3.09. The molecule has 1 amide bonds. The van der Waals surface area contributed by atoms with E-state index < -0.39 is 12.0 Å². The van der Waals surface area contributed by atoms with Crippen molar-refractivity contribution in [3.63, 3.8) is 0 Å². The predicted octanol–water partition coefficient (Wildman–Crippen LogP) is 0.926. The lowest BCUT2D eigenvalue weighted by molar-refractivity contribution is 0.0195. The molecule has 1 aromatic carbocycles. The van der Waals surface area contributed by atoms with Gasteiger partial charge in [-0.1, -0.05) is 18.2 Å². The van der Waals surface area contributed by atoms with Crippen LogP contribution in [0.2, 0.25) is 0 Å². The monoisotopic (exact) mass is 314 g/mol. The lowest BCUT2D eigenvalue weighted by Gasteiger charge is -2.57. The molecule has 122 valence electrons. The van der Waals surface area contributed by atoms with Crippen LogP contribution >= 0.6 is 0 Å². The number of likely N-dealkylation sites (tertiary alicyclic amines) is 1. The Morgan fingerprint density at radius 3 is 2.91 bits per heavy atom. The molecule has 0 unspecified atom stereocenters. The second-order valence-corrected chi connectivity index (χ2v) is 7.20. The number of nitrogens with zero attached hydrogens (tertiary/aromatic N) is 1. The van der Waals surface area contributed by atoms with E-state index in [4.69, 9.17) is 5.73 Å². The molecule has 0 spiro atoms. The van der Waals surface area contributed by atoms with Gasteiger partial charge in [-0.05, 0) is 44.5 Å². The number of piperidine rings is 1. The van der Waals surface area contributed by atoms with Crippen molar-refractivity contribution >= 4 is 5.91 Å². The second-order valence-electron chi connectivity index (χ2n) is 7.20. The van der Waals surface area contributed by atoms with Crippen LogP contribution in [0, 0.1) is 5.92 Å². The maximum absolute atomic E-state index is 11.6. The summed E-state index contributed by atoms with van der Waals surface area (Å²) >= 11 is 0. The first-order chi connectivity index (χ1) is 10.9. The van der Waals surface area contributed by atoms with Crippen molar-refractivity contribution in [2.24, 2.45) is 11.7 Å². The number of fused-ring (bicyclic) bond motifs is 1. The van der Waals surface area contributed by atoms with E-state index in [9.17, 15) is 15.0 Å². The van der Waals surface area contributed by atoms with Gasteiger partial charge >= 0.3 is 0 Å². The Bertz CT molecular complexity index is 714. The number of carbonyl (C=O) groups is 1. The molecule has 1 saturated heterocycles. The summed E-state index contributed by atoms with van der Waals surface area (Å²) in [5.41, 5.74) is 7.20. The van der Waals surface area contributed by atoms with Crippen molar-refractivity contribution in [1.29, 1.82) is 0 Å². The Balaban J connectivity index is 1.98. The van der Waals surface area contributed by atoms with Gasteiger partial charge in [-0.15, -0.1) is 0 Å². The molecule has 0 aromatic heterocycles. The highest BCUT2D eigenvalue weighted by Crippen LogP contribution is 2.56. The molecule has 4 N–H and O–H groups in total. The third-order valence-corrected chi connectivity index (χ3v) is 6.10. The number of nitrogens with two attached hydrogens (primary N) is 1. The number of hydrogen-bond donors (Lipinski definition) is 3. The minimum atomic E-state index is -0.611. The fourth-order valence-electron chi connectivity index (χ4n) is 5.05. The van der Waals surface area contributed by atoms with Crippen LogP contribution in [0.1, 0.15) is 34.3 Å². The van der Waals surface area contributed by atoms with E-state index in [2.05, 4.69) is 18.0 Å². The van der Waals surface area contributed by atoms with Crippen LogP contribution in [-0.2, 0) is 11.8 Å². The Labute approximate surface area is 135 Å². The number of aromatic hydroxyl groups is 1. The van der Waals surface area contributed by atoms with Crippen molar-refractivity contribution in [2.75, 3.05) is 13.6 Å². The summed E-state index contributed by atoms with van der Waals surface area (Å²) in [4.78, 5) is 14.0. The number of hydrogen-bond acceptors (Lipinski definition) is 4. The van der Waals surface area contributed by atoms with E-state index in [0.29, 0.717) is 12.5 Å². The SMILES string of the molecule is CN1CC[C@]23C[C@@H](O)C=C[C@H]2[C@H]1Cc1ccc(C(N)=O)c(O)c13. The summed E-state index contributed by atoms with van der Waals surface area (Å²) in [6, 6.07) is 3.90. The van der Waals surface area contributed by atoms with Gasteiger partial charge in [0.1, 0.15) is 5.75 Å². The first-order valence-electron chi connectivity index (χ1n) is 8.16. The Morgan fingerprint density at radius 2 is 2.17 bits per heavy atom. The third kappa shape index (κ3) is 1.90. The summed E-state index contributed by atoms with van der Waals surface area (Å²) in [6.07, 6.45) is 5.74. The van der Waals surface area contributed by atoms with Crippen molar-refractivity contribution < 1.29 is 15.0 Å². The molecule has 0 radical (unpaired) electrons. The predicted molar refractivity (Wildman–Crippen MR) is 86.3 cm³/mol. The quantitative estimate of drug-likeness (QED) is 0.673. The van der Waals surface area contributed by atoms with Crippen LogP contribution in [0.3, 0.4) is 0 Å². The van der Waals surface area contributed by atoms with E-state index in [1.54, 1.807) is 6.07 Å². The van der Waals surface area contributed by atoms with Crippen molar-refractivity contribution in [1.82, 2.24) is 4.90 Å². The number of benzene rings is 1. The number of amides is 1. The van der Waals surface area contributed by atoms with E-state index in [1.165, 1.54) is 0 Å². The van der Waals surface area contributed by atoms with Crippen LogP contribution in [0.15, 0.2) is 24.3 Å². The standard InChI is InChI=1S/C18H22N2O3/c1-20-7-6-18-9-11(21)3-5-13(18)14(20)8-10-2-4-12(17(19)23)16(22)15(10)18/h2-5,11,13-14,21-22H,6-9H2,1H3,(H2,19,23)/t11-,13-,14+,18-/m0/s1. The molecule has 2 aliphatic carbocycles. The highest BCUT2D eigenvalue weighted by atomic mass is 16.3. The molecule has 4 atom stereocenters. The zero-order chi connectivity index (χ0) is 16.4. The van der Waals surface area contributed by atoms with Crippen LogP contribution in [0.5, 0.6) is 5.75 Å². The van der Waals surface area contributed by atoms with Gasteiger partial charge < -0.3 is 20.8 Å². The zero-order valence-electron chi connectivity index (χ0n) is 13.2. The summed E-state index contributed by atoms with van der Waals surface area (Å²) in [5.74, 6) is -0.350. The lowest BCUT2D eigenvalue weighted by atomic mass is 9.53. The second kappa shape index (κ2) is 4.82. The Morgan fingerprint density at radius 1 is 1.39 bits per heavy atom. The van der Waals surface area contributed by atoms with E-state index in [1.807, 2.05) is 12.1 Å². The van der Waals surface area contributed by atoms with Crippen LogP contribution in [0.4, 0.5) is 0 Å². The number of phenols is 1. The van der Waals surface area contributed by atoms with E-state index >= 15 is 0 Å². The Hall–Kier alpha value is -1.85. The average Bonchev–Trinajstić information content (AvgIpc) is 2.50. The van der Waals surface area contributed by atoms with Gasteiger partial charge in [0.2, 0.25) is 0 Å². The smallest absolute Gasteiger partial charge is 0.252 e. The first-order valence-corrected chi connectivity index (χ1v) is 8.16. The first kappa shape index (κ1) is 14.7. The van der Waals surface area contributed by atoms with Gasteiger partial charge in [-0.25, -0.2) is 0 Å². The molecule has 1 heterocycles. The topological polar surface area (TPSA) is 86.8 Å². The van der Waals surface area contributed by atoms with Crippen molar-refractivity contribution in [2.45, 2.75) is 36.8 Å². The fourth-order valence-corrected chi connectivity index (χ4v) is 5.05. The summed E-state index contributed by atoms with van der Waals surface area (Å²) in [7, 11) is 2.14. The number of aliphatic hydroxyl groups is 1. The van der Waals surface area contributed by atoms with Gasteiger partial charge in [-0.3, -0.25) is 4.79 Å². The maximum Gasteiger partial charge on any atom is 0.252 e. The van der Waals surface area contributed by atoms with Gasteiger partial charge in [0.15, 0.2) is 0 Å². The van der Waals surface area contributed by atoms with Crippen molar-refractivity contribution in [3.05, 3.63) is 41.0 Å². The summed E-state index contributed by atoms with van der Waals surface area (Å²) < 4.78 is 0. The molecule has 23 heavy (non-hydrogen) atoms. The van der Waals surface area contributed by atoms with Gasteiger partial charge in [0.25, 0.3) is 5.91 Å². The normalized spacial score (nSPS) is 35.5. The van der Waals surface area contributed by atoms with Gasteiger partial charge in [-0.2, -0.15) is 0 Å². The average molecular weight is 314 g/mol. The number of rotatable bonds is 1. The third-order valence-electron chi connectivity index (χ3n) is 6.10. The fraction of sp³-hybridized carbons (Fsp3) is 0.500. The minimum Gasteiger partial charge on any atom is -0.507 e. The molecule has 3 aliphatic rings. The minimum absolute atomic E-state index is 0.0190. The molecular weight excluding hydrogens is 292 g/mol. The highest BCUT2D eigenvalue weighted by molar-refractivity contribution is 5.96. The molecule has 4 rings (SSSR count). The molecule has 1 fully saturated rings. The molecular formula is C18H22N2O3. The largest absolute Gasteiger partial charge is 0.507 e. The number of likely N-dealkylation sites (N-methyl/N-ethyl adjacent to an activating group) is 1. The molecule has 5 heteroatoms. The lowest BCUT2D eigenvalue weighted by Crippen LogP contribution is -2.60. The molecule has 0 saturated carbocycles. The van der Waals surface area contributed by atoms with E-state index in [0.717, 1.165) is 30.5 Å². The molecule has 1 aliphatic heterocycles. The van der Waals surface area contributed by atoms with Crippen LogP contribution in [-0.4, -0.2) is 46.8 Å². The summed E-state index contributed by atoms with van der Waals surface area (Å²) in [6.45, 7) is 0.918. The number of primary amides is 1. The molecule has 1 aromatic rings. The zero-order valence-corrected chi connectivity index (χ0v) is 13.2. The van der Waals surface area contributed by atoms with Gasteiger partial charge in [0, 0.05) is 22.9 Å². The number of aliphatic hydroxyl groups excluding tert-OH is 1. The van der Waals surface area contributed by atoms with E-state index in [-0.39, 0.29) is 22.6 Å². The number of carbonyl (C=O) groups excluding carboxylic acids is 1. The summed E-state index contributed by atoms with van der Waals surface area (Å²) in [5, 5.41) is 21.0. The van der Waals surface area contributed by atoms with Crippen molar-refractivity contribution in [3.8, 4) is 5.75 Å². The molecule has 2 bridgehead atoms. The maximum atomic E-state index is 11.6. The molecule has 5 nitrogen and oxygen atoms in total. The van der Waals surface area contributed by atoms with Gasteiger partial charge in [0.05, 0.1) is 11.7 Å². The van der Waals surface area contributed by atoms with Crippen LogP contribution < -0.4 is 5.73 Å².